The normalized spacial score (nSPS) is 18.1. The van der Waals surface area contributed by atoms with E-state index < -0.39 is 18.1 Å². The summed E-state index contributed by atoms with van der Waals surface area (Å²) < 4.78 is 6.11. The maximum atomic E-state index is 12.3. The van der Waals surface area contributed by atoms with Crippen LogP contribution < -0.4 is 5.32 Å². The van der Waals surface area contributed by atoms with Gasteiger partial charge in [-0.1, -0.05) is 53.5 Å². The van der Waals surface area contributed by atoms with E-state index in [2.05, 4.69) is 5.32 Å². The summed E-state index contributed by atoms with van der Waals surface area (Å²) in [5, 5.41) is 25.6. The van der Waals surface area contributed by atoms with Crippen molar-refractivity contribution in [3.05, 3.63) is 75.3 Å². The van der Waals surface area contributed by atoms with E-state index in [1.54, 1.807) is 12.1 Å². The zero-order valence-electron chi connectivity index (χ0n) is 14.7. The first kappa shape index (κ1) is 18.7. The molecule has 2 atom stereocenters. The molecule has 0 amide bonds. The summed E-state index contributed by atoms with van der Waals surface area (Å²) in [6.45, 7) is 0. The van der Waals surface area contributed by atoms with Crippen LogP contribution >= 0.6 is 23.2 Å². The van der Waals surface area contributed by atoms with Gasteiger partial charge in [-0.2, -0.15) is 0 Å². The topological polar surface area (TPSA) is 83.7 Å². The van der Waals surface area contributed by atoms with Gasteiger partial charge in [-0.25, -0.2) is 4.79 Å². The Bertz CT molecular complexity index is 1070. The van der Waals surface area contributed by atoms with Gasteiger partial charge in [0.25, 0.3) is 0 Å². The molecule has 0 saturated carbocycles. The van der Waals surface area contributed by atoms with E-state index in [1.807, 2.05) is 30.3 Å². The fourth-order valence-electron chi connectivity index (χ4n) is 3.57. The van der Waals surface area contributed by atoms with E-state index in [9.17, 15) is 15.0 Å². The summed E-state index contributed by atoms with van der Waals surface area (Å²) in [7, 11) is 1.27. The molecule has 2 aromatic carbocycles. The molecule has 1 aliphatic rings. The number of ether oxygens (including phenoxy) is 1. The zero-order chi connectivity index (χ0) is 20.0. The number of carbonyl (C=O) groups excluding carboxylic acids is 1. The van der Waals surface area contributed by atoms with Crippen LogP contribution in [-0.2, 0) is 9.53 Å². The second kappa shape index (κ2) is 7.05. The van der Waals surface area contributed by atoms with Crippen molar-refractivity contribution in [1.29, 1.82) is 0 Å². The molecular weight excluding hydrogens is 403 g/mol. The van der Waals surface area contributed by atoms with Crippen LogP contribution in [0, 0.1) is 0 Å². The van der Waals surface area contributed by atoms with Gasteiger partial charge >= 0.3 is 5.97 Å². The van der Waals surface area contributed by atoms with E-state index in [0.29, 0.717) is 16.3 Å². The Morgan fingerprint density at radius 3 is 2.36 bits per heavy atom. The van der Waals surface area contributed by atoms with Crippen molar-refractivity contribution in [2.24, 2.45) is 0 Å². The zero-order valence-corrected chi connectivity index (χ0v) is 16.2. The van der Waals surface area contributed by atoms with Crippen LogP contribution in [0.2, 0.25) is 10.0 Å². The molecule has 0 bridgehead atoms. The van der Waals surface area contributed by atoms with Crippen LogP contribution in [0.5, 0.6) is 11.8 Å². The number of nitrogens with zero attached hydrogens (tertiary/aromatic N) is 1. The highest BCUT2D eigenvalue weighted by molar-refractivity contribution is 6.42. The lowest BCUT2D eigenvalue weighted by Crippen LogP contribution is -2.27. The highest BCUT2D eigenvalue weighted by Gasteiger charge is 2.44. The second-order valence-corrected chi connectivity index (χ2v) is 7.19. The Morgan fingerprint density at radius 1 is 1.04 bits per heavy atom. The van der Waals surface area contributed by atoms with Gasteiger partial charge in [0.1, 0.15) is 6.04 Å². The first-order valence-corrected chi connectivity index (χ1v) is 9.20. The molecule has 0 aliphatic carbocycles. The van der Waals surface area contributed by atoms with Crippen molar-refractivity contribution in [3.8, 4) is 17.4 Å². The average molecular weight is 419 g/mol. The molecule has 0 spiro atoms. The molecule has 8 heteroatoms. The lowest BCUT2D eigenvalue weighted by molar-refractivity contribution is -0.143. The van der Waals surface area contributed by atoms with Crippen molar-refractivity contribution in [2.45, 2.75) is 12.1 Å². The Balaban J connectivity index is 1.94. The number of hydrogen-bond acceptors (Lipinski definition) is 5. The maximum absolute atomic E-state index is 12.3. The van der Waals surface area contributed by atoms with Gasteiger partial charge in [-0.05, 0) is 23.8 Å². The van der Waals surface area contributed by atoms with Crippen LogP contribution in [0.3, 0.4) is 0 Å². The van der Waals surface area contributed by atoms with Crippen LogP contribution in [0.4, 0.5) is 0 Å². The number of benzene rings is 2. The number of aromatic nitrogens is 1. The number of rotatable bonds is 3. The van der Waals surface area contributed by atoms with Gasteiger partial charge in [0, 0.05) is 5.56 Å². The summed E-state index contributed by atoms with van der Waals surface area (Å²) in [6, 6.07) is 12.6. The Kier molecular flexibility index (Phi) is 4.71. The predicted octanol–water partition coefficient (Wildman–Crippen LogP) is 4.10. The van der Waals surface area contributed by atoms with Crippen molar-refractivity contribution >= 4 is 29.2 Å². The smallest absolute Gasteiger partial charge is 0.327 e. The van der Waals surface area contributed by atoms with Crippen LogP contribution in [0.1, 0.15) is 28.8 Å². The Hall–Kier alpha value is -2.67. The molecule has 1 aliphatic heterocycles. The molecule has 4 rings (SSSR count). The van der Waals surface area contributed by atoms with E-state index in [-0.39, 0.29) is 22.3 Å². The molecule has 1 aromatic heterocycles. The summed E-state index contributed by atoms with van der Waals surface area (Å²) >= 11 is 12.1. The van der Waals surface area contributed by atoms with Gasteiger partial charge in [0.15, 0.2) is 0 Å². The highest BCUT2D eigenvalue weighted by Crippen LogP contribution is 2.50. The highest BCUT2D eigenvalue weighted by atomic mass is 35.5. The molecule has 0 saturated heterocycles. The number of hydrogen-bond donors (Lipinski definition) is 3. The molecule has 3 N–H and O–H groups in total. The SMILES string of the molecule is COC(=O)C1NC(c2ccccc2)c2c1c(O)n(-c1ccc(Cl)c(Cl)c1)c2O. The number of esters is 1. The molecule has 0 radical (unpaired) electrons. The van der Waals surface area contributed by atoms with Gasteiger partial charge in [0.05, 0.1) is 34.4 Å². The third kappa shape index (κ3) is 2.81. The fraction of sp³-hybridized carbons (Fsp3) is 0.150. The van der Waals surface area contributed by atoms with Crippen molar-refractivity contribution < 1.29 is 19.7 Å². The quantitative estimate of drug-likeness (QED) is 0.557. The molecule has 2 heterocycles. The summed E-state index contributed by atoms with van der Waals surface area (Å²) in [5.41, 5.74) is 1.92. The predicted molar refractivity (Wildman–Crippen MR) is 105 cm³/mol. The van der Waals surface area contributed by atoms with Gasteiger partial charge < -0.3 is 14.9 Å². The van der Waals surface area contributed by atoms with Gasteiger partial charge in [-0.15, -0.1) is 0 Å². The van der Waals surface area contributed by atoms with Crippen LogP contribution in [0.15, 0.2) is 48.5 Å². The molecule has 144 valence electrons. The minimum atomic E-state index is -0.930. The van der Waals surface area contributed by atoms with Crippen molar-refractivity contribution in [2.75, 3.05) is 7.11 Å². The summed E-state index contributed by atoms with van der Waals surface area (Å²) in [4.78, 5) is 12.3. The number of halogens is 2. The van der Waals surface area contributed by atoms with Gasteiger partial charge in [0.2, 0.25) is 11.8 Å². The summed E-state index contributed by atoms with van der Waals surface area (Å²) in [5.74, 6) is -1.04. The third-order valence-corrected chi connectivity index (χ3v) is 5.58. The molecule has 0 fully saturated rings. The average Bonchev–Trinajstić information content (AvgIpc) is 3.21. The first-order chi connectivity index (χ1) is 13.4. The van der Waals surface area contributed by atoms with Gasteiger partial charge in [-0.3, -0.25) is 9.88 Å². The molecule has 28 heavy (non-hydrogen) atoms. The number of aromatic hydroxyl groups is 2. The van der Waals surface area contributed by atoms with Crippen molar-refractivity contribution in [3.63, 3.8) is 0 Å². The minimum absolute atomic E-state index is 0.196. The minimum Gasteiger partial charge on any atom is -0.494 e. The first-order valence-electron chi connectivity index (χ1n) is 8.44. The fourth-order valence-corrected chi connectivity index (χ4v) is 3.86. The largest absolute Gasteiger partial charge is 0.494 e. The van der Waals surface area contributed by atoms with E-state index >= 15 is 0 Å². The van der Waals surface area contributed by atoms with Crippen LogP contribution in [0.25, 0.3) is 5.69 Å². The molecule has 6 nitrogen and oxygen atoms in total. The molecular formula is C20H16Cl2N2O4. The third-order valence-electron chi connectivity index (χ3n) is 4.84. The standard InChI is InChI=1S/C20H16Cl2N2O4/c1-28-20(27)17-15-14(16(23-17)10-5-3-2-4-6-10)18(25)24(19(15)26)11-7-8-12(21)13(22)9-11/h2-9,16-17,23,25-26H,1H3. The molecule has 2 unspecified atom stereocenters. The number of methoxy groups -OCH3 is 1. The van der Waals surface area contributed by atoms with Crippen LogP contribution in [-0.4, -0.2) is 27.9 Å². The van der Waals surface area contributed by atoms with E-state index in [4.69, 9.17) is 27.9 Å². The number of fused-ring (bicyclic) bond motifs is 1. The van der Waals surface area contributed by atoms with E-state index in [1.165, 1.54) is 17.7 Å². The lowest BCUT2D eigenvalue weighted by Gasteiger charge is -2.17. The Morgan fingerprint density at radius 2 is 1.71 bits per heavy atom. The monoisotopic (exact) mass is 418 g/mol. The number of nitrogens with one attached hydrogen (secondary N) is 1. The molecule has 3 aromatic rings. The Labute approximate surface area is 170 Å². The van der Waals surface area contributed by atoms with E-state index in [0.717, 1.165) is 5.56 Å². The number of carbonyl (C=O) groups is 1. The summed E-state index contributed by atoms with van der Waals surface area (Å²) in [6.07, 6.45) is 0. The lowest BCUT2D eigenvalue weighted by atomic mass is 10.0. The second-order valence-electron chi connectivity index (χ2n) is 6.37. The van der Waals surface area contributed by atoms with Crippen molar-refractivity contribution in [1.82, 2.24) is 9.88 Å². The maximum Gasteiger partial charge on any atom is 0.327 e.